The smallest absolute Gasteiger partial charge is 0.414 e. The maximum absolute atomic E-state index is 13.4. The van der Waals surface area contributed by atoms with Crippen LogP contribution in [0.5, 0.6) is 0 Å². The summed E-state index contributed by atoms with van der Waals surface area (Å²) in [5, 5.41) is 2.90. The number of likely N-dealkylation sites (tertiary alicyclic amines) is 1. The number of hydrogen-bond donors (Lipinski definition) is 1. The van der Waals surface area contributed by atoms with Crippen LogP contribution >= 0.6 is 0 Å². The Hall–Kier alpha value is -4.15. The number of nitrogens with one attached hydrogen (secondary N) is 1. The van der Waals surface area contributed by atoms with E-state index in [1.807, 2.05) is 22.8 Å². The molecule has 1 atom stereocenters. The van der Waals surface area contributed by atoms with Crippen molar-refractivity contribution >= 4 is 34.6 Å². The van der Waals surface area contributed by atoms with E-state index >= 15 is 0 Å². The van der Waals surface area contributed by atoms with E-state index in [-0.39, 0.29) is 30.0 Å². The first-order valence-corrected chi connectivity index (χ1v) is 12.9. The number of nitrogens with zero attached hydrogens (tertiary/aromatic N) is 5. The predicted octanol–water partition coefficient (Wildman–Crippen LogP) is 1.70. The highest BCUT2D eigenvalue weighted by molar-refractivity contribution is 5.95. The second-order valence-electron chi connectivity index (χ2n) is 9.78. The minimum absolute atomic E-state index is 0.0447. The highest BCUT2D eigenvalue weighted by Gasteiger charge is 2.30. The Morgan fingerprint density at radius 3 is 2.76 bits per heavy atom. The number of ether oxygens (including phenoxy) is 1. The van der Waals surface area contributed by atoms with Crippen LogP contribution in [0.25, 0.3) is 11.0 Å². The lowest BCUT2D eigenvalue weighted by Gasteiger charge is -2.28. The monoisotopic (exact) mass is 520 g/mol. The molecule has 0 unspecified atom stereocenters. The van der Waals surface area contributed by atoms with Gasteiger partial charge in [0.25, 0.3) is 5.56 Å². The predicted molar refractivity (Wildman–Crippen MR) is 141 cm³/mol. The van der Waals surface area contributed by atoms with Crippen molar-refractivity contribution in [2.45, 2.75) is 51.7 Å². The van der Waals surface area contributed by atoms with Crippen LogP contribution in [0.15, 0.2) is 41.3 Å². The minimum atomic E-state index is -0.411. The molecule has 0 saturated carbocycles. The fourth-order valence-corrected chi connectivity index (χ4v) is 5.48. The van der Waals surface area contributed by atoms with E-state index in [0.717, 1.165) is 41.5 Å². The van der Waals surface area contributed by atoms with Gasteiger partial charge in [0, 0.05) is 63.4 Å². The van der Waals surface area contributed by atoms with Crippen molar-refractivity contribution in [2.75, 3.05) is 31.6 Å². The fraction of sp³-hybridized carbons (Fsp3) is 0.444. The van der Waals surface area contributed by atoms with Crippen molar-refractivity contribution in [3.8, 4) is 0 Å². The van der Waals surface area contributed by atoms with Crippen molar-refractivity contribution in [1.29, 1.82) is 0 Å². The number of anilines is 1. The van der Waals surface area contributed by atoms with Crippen molar-refractivity contribution in [3.05, 3.63) is 58.3 Å². The van der Waals surface area contributed by atoms with E-state index in [2.05, 4.69) is 5.32 Å². The number of hydrogen-bond acceptors (Lipinski definition) is 6. The first-order valence-electron chi connectivity index (χ1n) is 12.9. The van der Waals surface area contributed by atoms with E-state index in [1.54, 1.807) is 26.6 Å². The maximum Gasteiger partial charge on any atom is 0.414 e. The Morgan fingerprint density at radius 1 is 1.16 bits per heavy atom. The van der Waals surface area contributed by atoms with Gasteiger partial charge < -0.3 is 24.1 Å². The Morgan fingerprint density at radius 2 is 2.00 bits per heavy atom. The molecule has 5 rings (SSSR count). The van der Waals surface area contributed by atoms with Crippen LogP contribution in [0.1, 0.15) is 31.2 Å². The number of rotatable bonds is 6. The van der Waals surface area contributed by atoms with Crippen molar-refractivity contribution in [2.24, 2.45) is 0 Å². The third-order valence-corrected chi connectivity index (χ3v) is 7.29. The van der Waals surface area contributed by atoms with Crippen molar-refractivity contribution in [3.63, 3.8) is 0 Å². The highest BCUT2D eigenvalue weighted by Crippen LogP contribution is 2.34. The number of benzene rings is 1. The van der Waals surface area contributed by atoms with Gasteiger partial charge in [-0.2, -0.15) is 0 Å². The second-order valence-corrected chi connectivity index (χ2v) is 9.78. The molecule has 0 radical (unpaired) electrons. The fourth-order valence-electron chi connectivity index (χ4n) is 5.48. The summed E-state index contributed by atoms with van der Waals surface area (Å²) in [6.45, 7) is 3.62. The molecular formula is C27H32N6O5. The molecule has 0 bridgehead atoms. The van der Waals surface area contributed by atoms with E-state index < -0.39 is 6.09 Å². The quantitative estimate of drug-likeness (QED) is 0.529. The number of amides is 3. The van der Waals surface area contributed by atoms with Crippen LogP contribution in [0.2, 0.25) is 0 Å². The van der Waals surface area contributed by atoms with Crippen LogP contribution in [-0.4, -0.2) is 69.7 Å². The number of carbonyl (C=O) groups excluding carboxylic acids is 3. The second kappa shape index (κ2) is 10.7. The summed E-state index contributed by atoms with van der Waals surface area (Å²) in [7, 11) is 1.37. The number of imidazole rings is 1. The lowest BCUT2D eigenvalue weighted by Crippen LogP contribution is -2.38. The van der Waals surface area contributed by atoms with Gasteiger partial charge in [0.05, 0.1) is 23.8 Å². The Bertz CT molecular complexity index is 1440. The molecule has 1 fully saturated rings. The molecule has 1 aromatic carbocycles. The van der Waals surface area contributed by atoms with Gasteiger partial charge in [0.1, 0.15) is 12.4 Å². The largest absolute Gasteiger partial charge is 0.452 e. The van der Waals surface area contributed by atoms with E-state index in [0.29, 0.717) is 38.4 Å². The molecule has 0 aliphatic carbocycles. The molecule has 38 heavy (non-hydrogen) atoms. The molecule has 2 aliphatic rings. The number of pyridine rings is 1. The normalized spacial score (nSPS) is 16.9. The van der Waals surface area contributed by atoms with Gasteiger partial charge in [0.2, 0.25) is 11.8 Å². The number of carbonyl (C=O) groups is 3. The summed E-state index contributed by atoms with van der Waals surface area (Å²) in [5.74, 6) is 0.545. The molecule has 1 saturated heterocycles. The maximum atomic E-state index is 13.4. The summed E-state index contributed by atoms with van der Waals surface area (Å²) in [6, 6.07) is 8.78. The molecular weight excluding hydrogens is 488 g/mol. The zero-order valence-corrected chi connectivity index (χ0v) is 21.7. The molecule has 3 aromatic rings. The van der Waals surface area contributed by atoms with E-state index in [4.69, 9.17) is 9.72 Å². The van der Waals surface area contributed by atoms with Gasteiger partial charge in [-0.3, -0.25) is 19.3 Å². The average Bonchev–Trinajstić information content (AvgIpc) is 3.51. The van der Waals surface area contributed by atoms with Crippen molar-refractivity contribution in [1.82, 2.24) is 24.3 Å². The van der Waals surface area contributed by atoms with E-state index in [1.165, 1.54) is 20.1 Å². The van der Waals surface area contributed by atoms with Gasteiger partial charge >= 0.3 is 6.09 Å². The Labute approximate surface area is 220 Å². The summed E-state index contributed by atoms with van der Waals surface area (Å²) < 4.78 is 8.53. The molecule has 11 nitrogen and oxygen atoms in total. The molecule has 1 N–H and O–H groups in total. The molecule has 11 heteroatoms. The number of methoxy groups -OCH3 is 1. The molecule has 200 valence electrons. The van der Waals surface area contributed by atoms with Crippen LogP contribution in [-0.2, 0) is 40.3 Å². The van der Waals surface area contributed by atoms with Crippen molar-refractivity contribution < 1.29 is 19.1 Å². The third-order valence-electron chi connectivity index (χ3n) is 7.29. The van der Waals surface area contributed by atoms with Gasteiger partial charge in [0.15, 0.2) is 0 Å². The first-order chi connectivity index (χ1) is 18.4. The lowest BCUT2D eigenvalue weighted by molar-refractivity contribution is -0.131. The van der Waals surface area contributed by atoms with Crippen LogP contribution in [0, 0.1) is 0 Å². The first kappa shape index (κ1) is 25.5. The minimum Gasteiger partial charge on any atom is -0.452 e. The summed E-state index contributed by atoms with van der Waals surface area (Å²) >= 11 is 0. The molecule has 0 spiro atoms. The number of fused-ring (bicyclic) bond motifs is 3. The molecule has 3 amide bonds. The summed E-state index contributed by atoms with van der Waals surface area (Å²) in [6.07, 6.45) is 4.04. The zero-order chi connectivity index (χ0) is 26.8. The number of aromatic nitrogens is 3. The molecule has 2 aliphatic heterocycles. The molecule has 2 aromatic heterocycles. The van der Waals surface area contributed by atoms with Crippen LogP contribution < -0.4 is 15.8 Å². The third kappa shape index (κ3) is 5.00. The van der Waals surface area contributed by atoms with Gasteiger partial charge in [-0.25, -0.2) is 9.78 Å². The lowest BCUT2D eigenvalue weighted by atomic mass is 10.0. The standard InChI is InChI=1S/C27H32N6O5/c1-18(34)28-19-10-14-31(16-19)25(36)17-33-22-9-8-21-20(6-5-13-32(21)27(37)38-2)26(22)29-23(33)11-15-30-12-4-3-7-24(30)35/h3-4,7-9,12,19H,5-6,10-11,13-17H2,1-2H3,(H,28,34)/t19-/m1/s1. The Balaban J connectivity index is 1.49. The van der Waals surface area contributed by atoms with Crippen LogP contribution in [0.4, 0.5) is 10.5 Å². The summed E-state index contributed by atoms with van der Waals surface area (Å²) in [4.78, 5) is 57.9. The average molecular weight is 521 g/mol. The molecule has 4 heterocycles. The van der Waals surface area contributed by atoms with Crippen LogP contribution in [0.3, 0.4) is 0 Å². The van der Waals surface area contributed by atoms with Gasteiger partial charge in [-0.05, 0) is 37.5 Å². The van der Waals surface area contributed by atoms with Gasteiger partial charge in [-0.15, -0.1) is 0 Å². The summed E-state index contributed by atoms with van der Waals surface area (Å²) in [5.41, 5.74) is 3.21. The SMILES string of the molecule is COC(=O)N1CCCc2c1ccc1c2nc(CCn2ccccc2=O)n1CC(=O)N1CC[C@@H](NC(C)=O)C1. The number of aryl methyl sites for hydroxylation is 3. The highest BCUT2D eigenvalue weighted by atomic mass is 16.5. The van der Waals surface area contributed by atoms with E-state index in [9.17, 15) is 19.2 Å². The zero-order valence-electron chi connectivity index (χ0n) is 21.7. The Kier molecular flexibility index (Phi) is 7.17. The topological polar surface area (TPSA) is 119 Å². The van der Waals surface area contributed by atoms with Gasteiger partial charge in [-0.1, -0.05) is 6.07 Å².